The van der Waals surface area contributed by atoms with Crippen molar-refractivity contribution in [3.8, 4) is 17.0 Å². The van der Waals surface area contributed by atoms with E-state index in [1.807, 2.05) is 48.5 Å². The number of carbonyl (C=O) groups is 1. The Hall–Kier alpha value is -3.08. The molecule has 0 aliphatic carbocycles. The number of esters is 1. The van der Waals surface area contributed by atoms with Crippen molar-refractivity contribution in [3.63, 3.8) is 0 Å². The van der Waals surface area contributed by atoms with Crippen LogP contribution in [-0.4, -0.2) is 18.1 Å². The summed E-state index contributed by atoms with van der Waals surface area (Å²) in [5, 5.41) is 1.60. The lowest BCUT2D eigenvalue weighted by atomic mass is 10.0. The van der Waals surface area contributed by atoms with Crippen LogP contribution in [0.25, 0.3) is 22.2 Å². The molecule has 30 heavy (non-hydrogen) atoms. The van der Waals surface area contributed by atoms with Crippen LogP contribution in [0.2, 0.25) is 10.0 Å². The number of rotatable bonds is 5. The van der Waals surface area contributed by atoms with Crippen molar-refractivity contribution in [2.75, 3.05) is 7.11 Å². The molecule has 0 unspecified atom stereocenters. The Bertz CT molecular complexity index is 1220. The Morgan fingerprint density at radius 1 is 0.933 bits per heavy atom. The topological polar surface area (TPSA) is 48.4 Å². The van der Waals surface area contributed by atoms with E-state index >= 15 is 0 Å². The fourth-order valence-electron chi connectivity index (χ4n) is 3.11. The van der Waals surface area contributed by atoms with Gasteiger partial charge in [0, 0.05) is 10.9 Å². The van der Waals surface area contributed by atoms with E-state index < -0.39 is 5.97 Å². The minimum atomic E-state index is -0.436. The maximum absolute atomic E-state index is 12.9. The fourth-order valence-corrected chi connectivity index (χ4v) is 3.43. The molecule has 0 aliphatic heterocycles. The second-order valence-corrected chi connectivity index (χ2v) is 7.44. The molecular formula is C24H17Cl2NO3. The number of nitrogens with zero attached hydrogens (tertiary/aromatic N) is 1. The van der Waals surface area contributed by atoms with Crippen molar-refractivity contribution in [2.24, 2.45) is 0 Å². The van der Waals surface area contributed by atoms with Crippen LogP contribution >= 0.6 is 23.2 Å². The van der Waals surface area contributed by atoms with Gasteiger partial charge < -0.3 is 9.47 Å². The van der Waals surface area contributed by atoms with Gasteiger partial charge in [-0.3, -0.25) is 0 Å². The van der Waals surface area contributed by atoms with E-state index in [2.05, 4.69) is 0 Å². The number of hydrogen-bond donors (Lipinski definition) is 0. The summed E-state index contributed by atoms with van der Waals surface area (Å²) in [4.78, 5) is 17.6. The van der Waals surface area contributed by atoms with Crippen molar-refractivity contribution in [3.05, 3.63) is 94.0 Å². The lowest BCUT2D eigenvalue weighted by Gasteiger charge is -2.11. The zero-order valence-electron chi connectivity index (χ0n) is 16.1. The second kappa shape index (κ2) is 8.74. The first kappa shape index (κ1) is 20.2. The van der Waals surface area contributed by atoms with E-state index in [9.17, 15) is 4.79 Å². The molecule has 0 spiro atoms. The number of carbonyl (C=O) groups excluding carboxylic acids is 1. The summed E-state index contributed by atoms with van der Waals surface area (Å²) in [6.07, 6.45) is 0. The molecule has 4 nitrogen and oxygen atoms in total. The summed E-state index contributed by atoms with van der Waals surface area (Å²) >= 11 is 12.0. The van der Waals surface area contributed by atoms with Crippen LogP contribution in [0, 0.1) is 0 Å². The van der Waals surface area contributed by atoms with Crippen molar-refractivity contribution < 1.29 is 14.3 Å². The minimum Gasteiger partial charge on any atom is -0.497 e. The molecule has 0 saturated carbocycles. The van der Waals surface area contributed by atoms with Gasteiger partial charge in [-0.15, -0.1) is 0 Å². The fraction of sp³-hybridized carbons (Fsp3) is 0.0833. The lowest BCUT2D eigenvalue weighted by Crippen LogP contribution is -2.07. The molecule has 0 bridgehead atoms. The molecule has 1 heterocycles. The number of hydrogen-bond acceptors (Lipinski definition) is 4. The number of fused-ring (bicyclic) bond motifs is 1. The highest BCUT2D eigenvalue weighted by Gasteiger charge is 2.16. The molecule has 4 aromatic rings. The van der Waals surface area contributed by atoms with Gasteiger partial charge >= 0.3 is 5.97 Å². The molecular weight excluding hydrogens is 421 g/mol. The zero-order chi connectivity index (χ0) is 21.1. The average Bonchev–Trinajstić information content (AvgIpc) is 2.79. The zero-order valence-corrected chi connectivity index (χ0v) is 17.6. The highest BCUT2D eigenvalue weighted by molar-refractivity contribution is 6.42. The first-order chi connectivity index (χ1) is 14.5. The number of aromatic nitrogens is 1. The van der Waals surface area contributed by atoms with Gasteiger partial charge in [-0.25, -0.2) is 9.78 Å². The van der Waals surface area contributed by atoms with Crippen LogP contribution < -0.4 is 4.74 Å². The van der Waals surface area contributed by atoms with Gasteiger partial charge in [-0.05, 0) is 54.1 Å². The third-order valence-electron chi connectivity index (χ3n) is 4.68. The van der Waals surface area contributed by atoms with Crippen LogP contribution in [0.3, 0.4) is 0 Å². The Labute approximate surface area is 184 Å². The maximum atomic E-state index is 12.9. The number of benzene rings is 3. The first-order valence-electron chi connectivity index (χ1n) is 9.20. The largest absolute Gasteiger partial charge is 0.497 e. The van der Waals surface area contributed by atoms with Crippen molar-refractivity contribution >= 4 is 40.1 Å². The smallest absolute Gasteiger partial charge is 0.339 e. The first-order valence-corrected chi connectivity index (χ1v) is 9.96. The Balaban J connectivity index is 1.67. The molecule has 0 aliphatic rings. The van der Waals surface area contributed by atoms with Crippen LogP contribution in [0.5, 0.6) is 5.75 Å². The standard InChI is InChI=1S/C24H17Cl2NO3/c1-29-17-9-7-16(8-10-17)23-13-19(18-4-2-3-5-22(18)27-23)24(28)30-14-15-6-11-20(25)21(26)12-15/h2-13H,14H2,1H3. The predicted octanol–water partition coefficient (Wildman–Crippen LogP) is 6.57. The molecule has 3 aromatic carbocycles. The number of pyridine rings is 1. The summed E-state index contributed by atoms with van der Waals surface area (Å²) in [6, 6.07) is 21.9. The van der Waals surface area contributed by atoms with Gasteiger partial charge in [-0.1, -0.05) is 47.5 Å². The Morgan fingerprint density at radius 2 is 1.70 bits per heavy atom. The van der Waals surface area contributed by atoms with E-state index in [1.54, 1.807) is 31.4 Å². The van der Waals surface area contributed by atoms with Crippen LogP contribution in [0.1, 0.15) is 15.9 Å². The van der Waals surface area contributed by atoms with Gasteiger partial charge in [0.1, 0.15) is 12.4 Å². The molecule has 0 atom stereocenters. The van der Waals surface area contributed by atoms with Crippen LogP contribution in [0.15, 0.2) is 72.8 Å². The predicted molar refractivity (Wildman–Crippen MR) is 119 cm³/mol. The molecule has 0 fully saturated rings. The molecule has 1 aromatic heterocycles. The van der Waals surface area contributed by atoms with Crippen molar-refractivity contribution in [1.82, 2.24) is 4.98 Å². The van der Waals surface area contributed by atoms with E-state index in [0.29, 0.717) is 26.8 Å². The molecule has 150 valence electrons. The van der Waals surface area contributed by atoms with Crippen LogP contribution in [-0.2, 0) is 11.3 Å². The van der Waals surface area contributed by atoms with Crippen molar-refractivity contribution in [1.29, 1.82) is 0 Å². The molecule has 0 radical (unpaired) electrons. The van der Waals surface area contributed by atoms with Gasteiger partial charge in [-0.2, -0.15) is 0 Å². The third kappa shape index (κ3) is 4.25. The van der Waals surface area contributed by atoms with E-state index in [-0.39, 0.29) is 6.61 Å². The molecule has 0 saturated heterocycles. The summed E-state index contributed by atoms with van der Waals surface area (Å²) in [7, 11) is 1.62. The summed E-state index contributed by atoms with van der Waals surface area (Å²) in [5.74, 6) is 0.315. The summed E-state index contributed by atoms with van der Waals surface area (Å²) < 4.78 is 10.8. The monoisotopic (exact) mass is 437 g/mol. The summed E-state index contributed by atoms with van der Waals surface area (Å²) in [5.41, 5.74) is 3.48. The van der Waals surface area contributed by atoms with Gasteiger partial charge in [0.05, 0.1) is 33.9 Å². The Kier molecular flexibility index (Phi) is 5.88. The number of halogens is 2. The number of ether oxygens (including phenoxy) is 2. The van der Waals surface area contributed by atoms with E-state index in [1.165, 1.54) is 0 Å². The van der Waals surface area contributed by atoms with Gasteiger partial charge in [0.25, 0.3) is 0 Å². The molecule has 0 N–H and O–H groups in total. The number of methoxy groups -OCH3 is 1. The molecule has 6 heteroatoms. The second-order valence-electron chi connectivity index (χ2n) is 6.63. The van der Waals surface area contributed by atoms with E-state index in [4.69, 9.17) is 37.7 Å². The molecule has 4 rings (SSSR count). The third-order valence-corrected chi connectivity index (χ3v) is 5.41. The summed E-state index contributed by atoms with van der Waals surface area (Å²) in [6.45, 7) is 0.0875. The number of para-hydroxylation sites is 1. The van der Waals surface area contributed by atoms with E-state index in [0.717, 1.165) is 22.3 Å². The highest BCUT2D eigenvalue weighted by atomic mass is 35.5. The quantitative estimate of drug-likeness (QED) is 0.331. The minimum absolute atomic E-state index is 0.0875. The SMILES string of the molecule is COc1ccc(-c2cc(C(=O)OCc3ccc(Cl)c(Cl)c3)c3ccccc3n2)cc1. The molecule has 0 amide bonds. The highest BCUT2D eigenvalue weighted by Crippen LogP contribution is 2.27. The Morgan fingerprint density at radius 3 is 2.43 bits per heavy atom. The lowest BCUT2D eigenvalue weighted by molar-refractivity contribution is 0.0475. The normalized spacial score (nSPS) is 10.8. The van der Waals surface area contributed by atoms with Gasteiger partial charge in [0.15, 0.2) is 0 Å². The van der Waals surface area contributed by atoms with Crippen molar-refractivity contribution in [2.45, 2.75) is 6.61 Å². The average molecular weight is 438 g/mol. The van der Waals surface area contributed by atoms with Crippen LogP contribution in [0.4, 0.5) is 0 Å². The maximum Gasteiger partial charge on any atom is 0.339 e. The van der Waals surface area contributed by atoms with Gasteiger partial charge in [0.2, 0.25) is 0 Å².